The lowest BCUT2D eigenvalue weighted by atomic mass is 9.15. The summed E-state index contributed by atoms with van der Waals surface area (Å²) in [6.07, 6.45) is -5.69. The quantitative estimate of drug-likeness (QED) is 0.0640. The van der Waals surface area contributed by atoms with Crippen LogP contribution in [-0.2, 0) is 4.74 Å². The van der Waals surface area contributed by atoms with Gasteiger partial charge >= 0.3 is 0 Å². The highest BCUT2D eigenvalue weighted by Crippen LogP contribution is 2.68. The Bertz CT molecular complexity index is 1780. The summed E-state index contributed by atoms with van der Waals surface area (Å²) in [6, 6.07) is 7.69. The molecule has 0 aliphatic carbocycles. The lowest BCUT2D eigenvalue weighted by Crippen LogP contribution is -2.68. The predicted molar refractivity (Wildman–Crippen MR) is 175 cm³/mol. The van der Waals surface area contributed by atoms with Gasteiger partial charge in [-0.2, -0.15) is 0 Å². The third kappa shape index (κ3) is 5.48. The summed E-state index contributed by atoms with van der Waals surface area (Å²) in [5.41, 5.74) is 1.81. The van der Waals surface area contributed by atoms with Crippen LogP contribution in [0.3, 0.4) is 0 Å². The van der Waals surface area contributed by atoms with Crippen LogP contribution in [0.4, 0.5) is 43.9 Å². The van der Waals surface area contributed by atoms with E-state index in [1.165, 1.54) is 0 Å². The molecule has 49 heavy (non-hydrogen) atoms. The van der Waals surface area contributed by atoms with Gasteiger partial charge < -0.3 is 4.74 Å². The van der Waals surface area contributed by atoms with Crippen LogP contribution in [-0.4, -0.2) is 24.8 Å². The van der Waals surface area contributed by atoms with Gasteiger partial charge in [-0.05, 0) is 70.7 Å². The maximum Gasteiger partial charge on any atom is 0.200 e. The lowest BCUT2D eigenvalue weighted by Gasteiger charge is -2.52. The Balaban J connectivity index is 1.99. The van der Waals surface area contributed by atoms with Gasteiger partial charge in [-0.1, -0.05) is 35.4 Å². The number of aryl methyl sites for hydroxylation is 6. The average Bonchev–Trinajstić information content (AvgIpc) is 3.01. The lowest BCUT2D eigenvalue weighted by molar-refractivity contribution is 0.130. The molecule has 0 saturated carbocycles. The molecule has 262 valence electrons. The molecular formula is C36H34BF10OP. The van der Waals surface area contributed by atoms with E-state index in [9.17, 15) is 26.3 Å². The average molecular weight is 714 g/mol. The molecular weight excluding hydrogens is 680 g/mol. The van der Waals surface area contributed by atoms with Crippen molar-refractivity contribution in [3.05, 3.63) is 116 Å². The Hall–Kier alpha value is -3.37. The fourth-order valence-corrected chi connectivity index (χ4v) is 15.0. The fourth-order valence-electron chi connectivity index (χ4n) is 8.71. The number of ether oxygens (including phenoxy) is 1. The van der Waals surface area contributed by atoms with Crippen molar-refractivity contribution < 1.29 is 48.6 Å². The summed E-state index contributed by atoms with van der Waals surface area (Å²) in [5, 5.41) is 1.62. The SMILES string of the molecule is CCOC1C[B-](c2c(F)c(F)c(F)c(F)c2F)(c2c(F)c(F)c(F)c(F)c2F)CC[P+]1(c1c(C)cc(C)cc1C)c1c(C)cc(C)cc1C. The second kappa shape index (κ2) is 13.1. The van der Waals surface area contributed by atoms with Gasteiger partial charge in [0.1, 0.15) is 47.0 Å². The monoisotopic (exact) mass is 714 g/mol. The topological polar surface area (TPSA) is 9.23 Å². The molecule has 1 nitrogen and oxygen atoms in total. The van der Waals surface area contributed by atoms with Crippen LogP contribution in [0.2, 0.25) is 12.6 Å². The standard InChI is InChI=1S/C36H34BF10OP/c1-8-48-22-15-37(23-25(38)29(42)33(46)30(43)26(23)39,24-27(40)31(44)34(47)32(45)28(24)41)9-10-49(22,35-18(4)11-16(2)12-19(35)5)36-20(6)13-17(3)14-21(36)7/h11-14,22H,8-10,15H2,1-7H3. The van der Waals surface area contributed by atoms with E-state index in [1.54, 1.807) is 6.92 Å². The van der Waals surface area contributed by atoms with Gasteiger partial charge in [0.05, 0.1) is 6.15 Å². The highest BCUT2D eigenvalue weighted by atomic mass is 31.2. The Morgan fingerprint density at radius 1 is 0.551 bits per heavy atom. The van der Waals surface area contributed by atoms with Crippen LogP contribution in [0.15, 0.2) is 24.3 Å². The van der Waals surface area contributed by atoms with Crippen LogP contribution in [0.25, 0.3) is 0 Å². The Kier molecular flexibility index (Phi) is 9.84. The van der Waals surface area contributed by atoms with Crippen molar-refractivity contribution in [2.24, 2.45) is 0 Å². The molecule has 0 radical (unpaired) electrons. The summed E-state index contributed by atoms with van der Waals surface area (Å²) in [5.74, 6) is -25.6. The molecule has 1 heterocycles. The number of hydrogen-bond acceptors (Lipinski definition) is 1. The van der Waals surface area contributed by atoms with E-state index in [1.807, 2.05) is 65.8 Å². The second-order valence-corrected chi connectivity index (χ2v) is 16.9. The Morgan fingerprint density at radius 3 is 1.16 bits per heavy atom. The van der Waals surface area contributed by atoms with Crippen LogP contribution >= 0.6 is 7.26 Å². The number of rotatable bonds is 6. The van der Waals surface area contributed by atoms with Crippen molar-refractivity contribution in [3.63, 3.8) is 0 Å². The maximum atomic E-state index is 15.9. The summed E-state index contributed by atoms with van der Waals surface area (Å²) in [7, 11) is -3.08. The van der Waals surface area contributed by atoms with Crippen LogP contribution in [0.5, 0.6) is 0 Å². The molecule has 1 unspecified atom stereocenters. The van der Waals surface area contributed by atoms with Gasteiger partial charge in [0, 0.05) is 12.8 Å². The molecule has 0 spiro atoms. The van der Waals surface area contributed by atoms with Gasteiger partial charge in [-0.15, -0.1) is 23.6 Å². The third-order valence-electron chi connectivity index (χ3n) is 10.1. The molecule has 1 saturated heterocycles. The first kappa shape index (κ1) is 36.9. The molecule has 0 bridgehead atoms. The van der Waals surface area contributed by atoms with E-state index in [2.05, 4.69) is 0 Å². The first-order valence-electron chi connectivity index (χ1n) is 15.8. The molecule has 0 aromatic heterocycles. The molecule has 0 amide bonds. The molecule has 4 aromatic carbocycles. The zero-order chi connectivity index (χ0) is 36.5. The van der Waals surface area contributed by atoms with Gasteiger partial charge in [-0.3, -0.25) is 0 Å². The van der Waals surface area contributed by atoms with Gasteiger partial charge in [0.25, 0.3) is 0 Å². The van der Waals surface area contributed by atoms with E-state index in [0.717, 1.165) is 44.0 Å². The summed E-state index contributed by atoms with van der Waals surface area (Å²) in [4.78, 5) is 0. The van der Waals surface area contributed by atoms with Gasteiger partial charge in [0.15, 0.2) is 34.9 Å². The van der Waals surface area contributed by atoms with Gasteiger partial charge in [-0.25, -0.2) is 43.9 Å². The van der Waals surface area contributed by atoms with Crippen LogP contribution < -0.4 is 21.5 Å². The Morgan fingerprint density at radius 2 is 0.857 bits per heavy atom. The minimum Gasteiger partial charge on any atom is -0.347 e. The molecule has 1 atom stereocenters. The minimum atomic E-state index is -3.98. The summed E-state index contributed by atoms with van der Waals surface area (Å²) >= 11 is 0. The van der Waals surface area contributed by atoms with E-state index >= 15 is 17.6 Å². The smallest absolute Gasteiger partial charge is 0.200 e. The molecule has 1 aliphatic rings. The second-order valence-electron chi connectivity index (χ2n) is 13.2. The summed E-state index contributed by atoms with van der Waals surface area (Å²) in [6.45, 7) is 12.7. The Labute approximate surface area is 278 Å². The molecule has 1 fully saturated rings. The summed E-state index contributed by atoms with van der Waals surface area (Å²) < 4.78 is 158. The first-order chi connectivity index (χ1) is 22.9. The van der Waals surface area contributed by atoms with E-state index in [-0.39, 0.29) is 12.8 Å². The molecule has 4 aromatic rings. The third-order valence-corrected chi connectivity index (χ3v) is 15.4. The van der Waals surface area contributed by atoms with E-state index in [0.29, 0.717) is 0 Å². The van der Waals surface area contributed by atoms with Crippen LogP contribution in [0, 0.1) is 99.7 Å². The number of halogens is 10. The normalized spacial score (nSPS) is 17.1. The van der Waals surface area contributed by atoms with Gasteiger partial charge in [0.2, 0.25) is 0 Å². The van der Waals surface area contributed by atoms with Crippen molar-refractivity contribution >= 4 is 34.9 Å². The van der Waals surface area contributed by atoms with E-state index < -0.39 is 101 Å². The van der Waals surface area contributed by atoms with Crippen molar-refractivity contribution in [2.45, 2.75) is 67.0 Å². The maximum absolute atomic E-state index is 15.9. The first-order valence-corrected chi connectivity index (χ1v) is 17.8. The highest BCUT2D eigenvalue weighted by molar-refractivity contribution is 7.90. The minimum absolute atomic E-state index is 0.0688. The zero-order valence-corrected chi connectivity index (χ0v) is 28.8. The highest BCUT2D eigenvalue weighted by Gasteiger charge is 2.60. The van der Waals surface area contributed by atoms with Crippen molar-refractivity contribution in [3.8, 4) is 0 Å². The van der Waals surface area contributed by atoms with Crippen molar-refractivity contribution in [1.82, 2.24) is 0 Å². The molecule has 1 aliphatic heterocycles. The number of benzene rings is 4. The fraction of sp³-hybridized carbons (Fsp3) is 0.333. The van der Waals surface area contributed by atoms with Crippen LogP contribution in [0.1, 0.15) is 40.3 Å². The number of hydrogen-bond donors (Lipinski definition) is 0. The molecule has 0 N–H and O–H groups in total. The van der Waals surface area contributed by atoms with Crippen molar-refractivity contribution in [1.29, 1.82) is 0 Å². The van der Waals surface area contributed by atoms with E-state index in [4.69, 9.17) is 4.74 Å². The molecule has 13 heteroatoms. The predicted octanol–water partition coefficient (Wildman–Crippen LogP) is 8.54. The largest absolute Gasteiger partial charge is 0.347 e. The zero-order valence-electron chi connectivity index (χ0n) is 27.9. The molecule has 5 rings (SSSR count). The van der Waals surface area contributed by atoms with Crippen molar-refractivity contribution in [2.75, 3.05) is 12.8 Å².